The molecule has 0 saturated carbocycles. The van der Waals surface area contributed by atoms with Gasteiger partial charge >= 0.3 is 0 Å². The number of hydrogen-bond acceptors (Lipinski definition) is 4. The topological polar surface area (TPSA) is 34.1 Å². The third-order valence-corrected chi connectivity index (χ3v) is 3.42. The van der Waals surface area contributed by atoms with E-state index >= 15 is 0 Å². The third-order valence-electron chi connectivity index (χ3n) is 2.36. The predicted octanol–water partition coefficient (Wildman–Crippen LogP) is 2.98. The molecular weight excluding hydrogens is 220 g/mol. The van der Waals surface area contributed by atoms with Crippen LogP contribution in [-0.4, -0.2) is 18.1 Å². The van der Waals surface area contributed by atoms with Crippen molar-refractivity contribution in [2.75, 3.05) is 7.11 Å². The molecule has 4 heteroatoms. The summed E-state index contributed by atoms with van der Waals surface area (Å²) in [6.07, 6.45) is 2.07. The Kier molecular flexibility index (Phi) is 5.38. The van der Waals surface area contributed by atoms with Crippen LogP contribution in [0.2, 0.25) is 0 Å². The van der Waals surface area contributed by atoms with Crippen molar-refractivity contribution in [2.45, 2.75) is 46.4 Å². The van der Waals surface area contributed by atoms with E-state index in [1.807, 2.05) is 6.20 Å². The minimum absolute atomic E-state index is 0.123. The van der Waals surface area contributed by atoms with Crippen LogP contribution in [0.15, 0.2) is 6.20 Å². The summed E-state index contributed by atoms with van der Waals surface area (Å²) >= 11 is 1.74. The molecule has 1 aromatic heterocycles. The maximum absolute atomic E-state index is 5.46. The smallest absolute Gasteiger partial charge is 0.122 e. The van der Waals surface area contributed by atoms with Crippen LogP contribution in [0.4, 0.5) is 0 Å². The highest BCUT2D eigenvalue weighted by Gasteiger charge is 2.18. The molecule has 1 aromatic rings. The maximum atomic E-state index is 5.46. The monoisotopic (exact) mass is 242 g/mol. The Morgan fingerprint density at radius 2 is 2.06 bits per heavy atom. The molecule has 16 heavy (non-hydrogen) atoms. The van der Waals surface area contributed by atoms with Gasteiger partial charge in [0.05, 0.1) is 0 Å². The number of rotatable bonds is 6. The molecule has 0 spiro atoms. The molecule has 0 aromatic carbocycles. The summed E-state index contributed by atoms with van der Waals surface area (Å²) in [6.45, 7) is 9.50. The molecule has 1 heterocycles. The quantitative estimate of drug-likeness (QED) is 0.832. The van der Waals surface area contributed by atoms with Gasteiger partial charge in [0.15, 0.2) is 0 Å². The lowest BCUT2D eigenvalue weighted by Crippen LogP contribution is -2.21. The minimum Gasteiger partial charge on any atom is -0.374 e. The first-order valence-electron chi connectivity index (χ1n) is 5.75. The number of methoxy groups -OCH3 is 1. The molecule has 1 rings (SSSR count). The number of ether oxygens (including phenoxy) is 1. The molecule has 1 unspecified atom stereocenters. The van der Waals surface area contributed by atoms with E-state index in [9.17, 15) is 0 Å². The summed E-state index contributed by atoms with van der Waals surface area (Å²) in [5.74, 6) is 0.460. The second-order valence-electron chi connectivity index (χ2n) is 4.60. The molecule has 0 amide bonds. The fourth-order valence-corrected chi connectivity index (χ4v) is 2.62. The summed E-state index contributed by atoms with van der Waals surface area (Å²) in [6, 6.07) is 0.508. The van der Waals surface area contributed by atoms with Gasteiger partial charge in [-0.05, 0) is 5.92 Å². The van der Waals surface area contributed by atoms with E-state index < -0.39 is 0 Å². The number of thiazole rings is 1. The Bertz CT molecular complexity index is 310. The summed E-state index contributed by atoms with van der Waals surface area (Å²) in [4.78, 5) is 5.71. The maximum Gasteiger partial charge on any atom is 0.122 e. The average molecular weight is 242 g/mol. The fourth-order valence-electron chi connectivity index (χ4n) is 1.50. The van der Waals surface area contributed by atoms with E-state index in [4.69, 9.17) is 4.74 Å². The zero-order chi connectivity index (χ0) is 12.1. The van der Waals surface area contributed by atoms with Gasteiger partial charge in [-0.15, -0.1) is 11.3 Å². The highest BCUT2D eigenvalue weighted by molar-refractivity contribution is 7.11. The van der Waals surface area contributed by atoms with Gasteiger partial charge < -0.3 is 10.1 Å². The predicted molar refractivity (Wildman–Crippen MR) is 68.7 cm³/mol. The molecule has 1 atom stereocenters. The largest absolute Gasteiger partial charge is 0.374 e. The van der Waals surface area contributed by atoms with Crippen molar-refractivity contribution in [3.05, 3.63) is 16.1 Å². The lowest BCUT2D eigenvalue weighted by atomic mass is 10.1. The van der Waals surface area contributed by atoms with Crippen LogP contribution < -0.4 is 5.32 Å². The van der Waals surface area contributed by atoms with Gasteiger partial charge in [-0.1, -0.05) is 27.7 Å². The van der Waals surface area contributed by atoms with Crippen molar-refractivity contribution in [3.8, 4) is 0 Å². The van der Waals surface area contributed by atoms with Crippen LogP contribution in [0.25, 0.3) is 0 Å². The van der Waals surface area contributed by atoms with Crippen molar-refractivity contribution in [1.82, 2.24) is 10.3 Å². The van der Waals surface area contributed by atoms with Gasteiger partial charge in [0.25, 0.3) is 0 Å². The van der Waals surface area contributed by atoms with Crippen molar-refractivity contribution in [3.63, 3.8) is 0 Å². The first-order valence-corrected chi connectivity index (χ1v) is 6.57. The summed E-state index contributed by atoms with van der Waals surface area (Å²) < 4.78 is 5.46. The normalized spacial score (nSPS) is 13.7. The lowest BCUT2D eigenvalue weighted by molar-refractivity contribution is 0.0644. The molecule has 0 radical (unpaired) electrons. The average Bonchev–Trinajstić information content (AvgIpc) is 2.64. The standard InChI is InChI=1S/C12H22N2OS/c1-8(2)11(15-5)12-14-7-10(16-12)6-13-9(3)4/h7-9,11,13H,6H2,1-5H3. The van der Waals surface area contributed by atoms with Gasteiger partial charge in [-0.2, -0.15) is 0 Å². The van der Waals surface area contributed by atoms with Crippen molar-refractivity contribution >= 4 is 11.3 Å². The van der Waals surface area contributed by atoms with E-state index in [0.29, 0.717) is 12.0 Å². The molecule has 0 bridgehead atoms. The number of nitrogens with one attached hydrogen (secondary N) is 1. The van der Waals surface area contributed by atoms with Crippen molar-refractivity contribution < 1.29 is 4.74 Å². The second kappa shape index (κ2) is 6.33. The van der Waals surface area contributed by atoms with Crippen LogP contribution in [-0.2, 0) is 11.3 Å². The van der Waals surface area contributed by atoms with Gasteiger partial charge in [0.1, 0.15) is 11.1 Å². The van der Waals surface area contributed by atoms with Crippen molar-refractivity contribution in [1.29, 1.82) is 0 Å². The van der Waals surface area contributed by atoms with Crippen molar-refractivity contribution in [2.24, 2.45) is 5.92 Å². The van der Waals surface area contributed by atoms with Crippen LogP contribution in [0.3, 0.4) is 0 Å². The Balaban J connectivity index is 2.62. The number of hydrogen-bond donors (Lipinski definition) is 1. The molecule has 0 aliphatic heterocycles. The minimum atomic E-state index is 0.123. The molecule has 1 N–H and O–H groups in total. The van der Waals surface area contributed by atoms with E-state index in [2.05, 4.69) is 38.0 Å². The first kappa shape index (κ1) is 13.6. The summed E-state index contributed by atoms with van der Waals surface area (Å²) in [5.41, 5.74) is 0. The number of aromatic nitrogens is 1. The van der Waals surface area contributed by atoms with Crippen LogP contribution in [0.1, 0.15) is 43.7 Å². The molecular formula is C12H22N2OS. The van der Waals surface area contributed by atoms with Gasteiger partial charge in [-0.25, -0.2) is 4.98 Å². The van der Waals surface area contributed by atoms with Gasteiger partial charge in [0.2, 0.25) is 0 Å². The molecule has 0 fully saturated rings. The highest BCUT2D eigenvalue weighted by Crippen LogP contribution is 2.28. The van der Waals surface area contributed by atoms with E-state index in [1.54, 1.807) is 18.4 Å². The first-order chi connectivity index (χ1) is 7.54. The van der Waals surface area contributed by atoms with E-state index in [1.165, 1.54) is 4.88 Å². The molecule has 3 nitrogen and oxygen atoms in total. The third kappa shape index (κ3) is 3.85. The molecule has 0 saturated heterocycles. The Labute approximate surface area is 102 Å². The molecule has 0 aliphatic carbocycles. The lowest BCUT2D eigenvalue weighted by Gasteiger charge is -2.15. The van der Waals surface area contributed by atoms with E-state index in [-0.39, 0.29) is 6.10 Å². The fraction of sp³-hybridized carbons (Fsp3) is 0.750. The SMILES string of the molecule is COC(c1ncc(CNC(C)C)s1)C(C)C. The van der Waals surface area contributed by atoms with Gasteiger partial charge in [-0.3, -0.25) is 0 Å². The zero-order valence-electron chi connectivity index (χ0n) is 10.8. The molecule has 0 aliphatic rings. The zero-order valence-corrected chi connectivity index (χ0v) is 11.6. The Morgan fingerprint density at radius 1 is 1.38 bits per heavy atom. The van der Waals surface area contributed by atoms with Crippen LogP contribution in [0.5, 0.6) is 0 Å². The van der Waals surface area contributed by atoms with Crippen LogP contribution >= 0.6 is 11.3 Å². The van der Waals surface area contributed by atoms with E-state index in [0.717, 1.165) is 11.6 Å². The van der Waals surface area contributed by atoms with Gasteiger partial charge in [0, 0.05) is 30.8 Å². The Hall–Kier alpha value is -0.450. The number of nitrogens with zero attached hydrogens (tertiary/aromatic N) is 1. The summed E-state index contributed by atoms with van der Waals surface area (Å²) in [5, 5.41) is 4.47. The second-order valence-corrected chi connectivity index (χ2v) is 5.75. The summed E-state index contributed by atoms with van der Waals surface area (Å²) in [7, 11) is 1.75. The Morgan fingerprint density at radius 3 is 2.56 bits per heavy atom. The van der Waals surface area contributed by atoms with Crippen LogP contribution in [0, 0.1) is 5.92 Å². The highest BCUT2D eigenvalue weighted by atomic mass is 32.1. The molecule has 92 valence electrons.